The van der Waals surface area contributed by atoms with Gasteiger partial charge in [-0.25, -0.2) is 4.68 Å². The average molecular weight is 235 g/mol. The van der Waals surface area contributed by atoms with Gasteiger partial charge in [0, 0.05) is 19.7 Å². The van der Waals surface area contributed by atoms with Crippen LogP contribution in [0, 0.1) is 0 Å². The molecule has 0 aliphatic carbocycles. The molecule has 0 aromatic carbocycles. The summed E-state index contributed by atoms with van der Waals surface area (Å²) in [5, 5.41) is 11.1. The van der Waals surface area contributed by atoms with Crippen molar-refractivity contribution < 1.29 is 0 Å². The minimum Gasteiger partial charge on any atom is -0.387 e. The Hall–Kier alpha value is -1.62. The largest absolute Gasteiger partial charge is 0.387 e. The molecule has 2 aromatic rings. The van der Waals surface area contributed by atoms with Crippen molar-refractivity contribution in [2.75, 3.05) is 12.4 Å². The van der Waals surface area contributed by atoms with Crippen molar-refractivity contribution in [2.24, 2.45) is 0 Å². The molecule has 84 valence electrons. The van der Waals surface area contributed by atoms with E-state index in [1.807, 2.05) is 5.38 Å². The molecule has 0 atom stereocenters. The molecule has 0 bridgehead atoms. The molecule has 0 aliphatic heterocycles. The molecule has 0 fully saturated rings. The van der Waals surface area contributed by atoms with Crippen molar-refractivity contribution in [1.82, 2.24) is 9.78 Å². The summed E-state index contributed by atoms with van der Waals surface area (Å²) in [5.41, 5.74) is 1.93. The second-order valence-corrected chi connectivity index (χ2v) is 4.22. The van der Waals surface area contributed by atoms with Crippen LogP contribution in [0.15, 0.2) is 33.9 Å². The molecule has 4 nitrogen and oxygen atoms in total. The Kier molecular flexibility index (Phi) is 3.36. The summed E-state index contributed by atoms with van der Waals surface area (Å²) in [7, 11) is 1.77. The first-order valence-corrected chi connectivity index (χ1v) is 6.00. The Balaban J connectivity index is 2.07. The van der Waals surface area contributed by atoms with Crippen LogP contribution in [0.2, 0.25) is 0 Å². The van der Waals surface area contributed by atoms with E-state index >= 15 is 0 Å². The quantitative estimate of drug-likeness (QED) is 0.875. The smallest absolute Gasteiger partial charge is 0.268 e. The molecule has 0 radical (unpaired) electrons. The zero-order chi connectivity index (χ0) is 11.4. The predicted molar refractivity (Wildman–Crippen MR) is 66.1 cm³/mol. The molecule has 2 heterocycles. The molecular formula is C11H13N3OS. The minimum absolute atomic E-state index is 0.0675. The first-order valence-electron chi connectivity index (χ1n) is 5.05. The van der Waals surface area contributed by atoms with Gasteiger partial charge in [-0.15, -0.1) is 0 Å². The van der Waals surface area contributed by atoms with Gasteiger partial charge in [-0.2, -0.15) is 16.4 Å². The fraction of sp³-hybridized carbons (Fsp3) is 0.273. The van der Waals surface area contributed by atoms with Gasteiger partial charge in [-0.1, -0.05) is 0 Å². The van der Waals surface area contributed by atoms with Crippen LogP contribution in [-0.4, -0.2) is 16.8 Å². The molecule has 5 heteroatoms. The lowest BCUT2D eigenvalue weighted by molar-refractivity contribution is 0.579. The monoisotopic (exact) mass is 235 g/mol. The Labute approximate surface area is 97.6 Å². The highest BCUT2D eigenvalue weighted by atomic mass is 32.1. The highest BCUT2D eigenvalue weighted by Crippen LogP contribution is 2.07. The van der Waals surface area contributed by atoms with Crippen LogP contribution < -0.4 is 10.9 Å². The van der Waals surface area contributed by atoms with Gasteiger partial charge in [-0.05, 0) is 28.8 Å². The maximum Gasteiger partial charge on any atom is 0.268 e. The normalized spacial score (nSPS) is 10.3. The van der Waals surface area contributed by atoms with E-state index in [-0.39, 0.29) is 5.56 Å². The van der Waals surface area contributed by atoms with Crippen molar-refractivity contribution >= 4 is 17.0 Å². The van der Waals surface area contributed by atoms with Crippen LogP contribution in [0.5, 0.6) is 0 Å². The summed E-state index contributed by atoms with van der Waals surface area (Å²) in [6, 6.07) is 3.62. The Bertz CT molecular complexity index is 504. The van der Waals surface area contributed by atoms with E-state index in [2.05, 4.69) is 21.9 Å². The van der Waals surface area contributed by atoms with Gasteiger partial charge in [-0.3, -0.25) is 4.79 Å². The van der Waals surface area contributed by atoms with Crippen molar-refractivity contribution in [3.05, 3.63) is 45.0 Å². The summed E-state index contributed by atoms with van der Waals surface area (Å²) in [6.45, 7) is 0.625. The van der Waals surface area contributed by atoms with Crippen molar-refractivity contribution in [2.45, 2.75) is 13.0 Å². The SMILES string of the molecule is CNc1cnn(CCc2ccsc2)c(=O)c1. The van der Waals surface area contributed by atoms with E-state index in [4.69, 9.17) is 0 Å². The summed E-state index contributed by atoms with van der Waals surface area (Å²) in [4.78, 5) is 11.6. The molecule has 0 aliphatic rings. The molecule has 1 N–H and O–H groups in total. The van der Waals surface area contributed by atoms with Crippen LogP contribution in [0.1, 0.15) is 5.56 Å². The number of hydrogen-bond acceptors (Lipinski definition) is 4. The van der Waals surface area contributed by atoms with Crippen molar-refractivity contribution in [1.29, 1.82) is 0 Å². The lowest BCUT2D eigenvalue weighted by Crippen LogP contribution is -2.23. The second-order valence-electron chi connectivity index (χ2n) is 3.44. The lowest BCUT2D eigenvalue weighted by Gasteiger charge is -2.04. The predicted octanol–water partition coefficient (Wildman–Crippen LogP) is 1.59. The lowest BCUT2D eigenvalue weighted by atomic mass is 10.2. The van der Waals surface area contributed by atoms with Crippen molar-refractivity contribution in [3.63, 3.8) is 0 Å². The van der Waals surface area contributed by atoms with Gasteiger partial charge in [0.1, 0.15) is 0 Å². The van der Waals surface area contributed by atoms with Gasteiger partial charge in [0.25, 0.3) is 5.56 Å². The second kappa shape index (κ2) is 4.94. The van der Waals surface area contributed by atoms with Crippen LogP contribution in [0.25, 0.3) is 0 Å². The highest BCUT2D eigenvalue weighted by Gasteiger charge is 2.00. The zero-order valence-corrected chi connectivity index (χ0v) is 9.83. The standard InChI is InChI=1S/C11H13N3OS/c1-12-10-6-11(15)14(13-7-10)4-2-9-3-5-16-8-9/h3,5-8,12H,2,4H2,1H3. The third kappa shape index (κ3) is 2.49. The number of hydrogen-bond donors (Lipinski definition) is 1. The molecule has 0 saturated heterocycles. The molecule has 0 saturated carbocycles. The number of anilines is 1. The van der Waals surface area contributed by atoms with E-state index in [1.165, 1.54) is 10.2 Å². The van der Waals surface area contributed by atoms with Gasteiger partial charge < -0.3 is 5.32 Å². The van der Waals surface area contributed by atoms with Gasteiger partial charge in [0.2, 0.25) is 0 Å². The summed E-state index contributed by atoms with van der Waals surface area (Å²) in [6.07, 6.45) is 2.50. The molecular weight excluding hydrogens is 222 g/mol. The third-order valence-corrected chi connectivity index (χ3v) is 3.08. The van der Waals surface area contributed by atoms with Crippen LogP contribution >= 0.6 is 11.3 Å². The number of rotatable bonds is 4. The van der Waals surface area contributed by atoms with Crippen molar-refractivity contribution in [3.8, 4) is 0 Å². The summed E-state index contributed by atoms with van der Waals surface area (Å²) >= 11 is 1.67. The minimum atomic E-state index is -0.0675. The Morgan fingerprint density at radius 1 is 1.56 bits per heavy atom. The van der Waals surface area contributed by atoms with E-state index in [0.29, 0.717) is 6.54 Å². The highest BCUT2D eigenvalue weighted by molar-refractivity contribution is 7.07. The zero-order valence-electron chi connectivity index (χ0n) is 9.01. The fourth-order valence-corrected chi connectivity index (χ4v) is 2.11. The van der Waals surface area contributed by atoms with E-state index in [0.717, 1.165) is 12.1 Å². The van der Waals surface area contributed by atoms with Crippen LogP contribution in [0.3, 0.4) is 0 Å². The number of nitrogens with zero attached hydrogens (tertiary/aromatic N) is 2. The maximum absolute atomic E-state index is 11.6. The number of aryl methyl sites for hydroxylation is 2. The van der Waals surface area contributed by atoms with E-state index in [9.17, 15) is 4.79 Å². The maximum atomic E-state index is 11.6. The molecule has 2 rings (SSSR count). The van der Waals surface area contributed by atoms with Crippen LogP contribution in [-0.2, 0) is 13.0 Å². The van der Waals surface area contributed by atoms with Gasteiger partial charge in [0.05, 0.1) is 11.9 Å². The Morgan fingerprint density at radius 2 is 2.44 bits per heavy atom. The number of nitrogens with one attached hydrogen (secondary N) is 1. The van der Waals surface area contributed by atoms with Gasteiger partial charge >= 0.3 is 0 Å². The van der Waals surface area contributed by atoms with Crippen LogP contribution in [0.4, 0.5) is 5.69 Å². The number of aromatic nitrogens is 2. The topological polar surface area (TPSA) is 46.9 Å². The molecule has 0 amide bonds. The van der Waals surface area contributed by atoms with Gasteiger partial charge in [0.15, 0.2) is 0 Å². The molecule has 0 unspecified atom stereocenters. The number of thiophene rings is 1. The molecule has 16 heavy (non-hydrogen) atoms. The third-order valence-electron chi connectivity index (χ3n) is 2.35. The molecule has 0 spiro atoms. The Morgan fingerprint density at radius 3 is 3.06 bits per heavy atom. The summed E-state index contributed by atoms with van der Waals surface area (Å²) in [5.74, 6) is 0. The average Bonchev–Trinajstić information content (AvgIpc) is 2.80. The fourth-order valence-electron chi connectivity index (χ4n) is 1.41. The first-order chi connectivity index (χ1) is 7.79. The first kappa shape index (κ1) is 10.9. The summed E-state index contributed by atoms with van der Waals surface area (Å²) < 4.78 is 1.48. The molecule has 2 aromatic heterocycles. The van der Waals surface area contributed by atoms with E-state index in [1.54, 1.807) is 30.6 Å². The van der Waals surface area contributed by atoms with E-state index < -0.39 is 0 Å².